The topological polar surface area (TPSA) is 125 Å². The first-order valence-corrected chi connectivity index (χ1v) is 10.3. The van der Waals surface area contributed by atoms with Gasteiger partial charge < -0.3 is 14.8 Å². The lowest BCUT2D eigenvalue weighted by Gasteiger charge is -2.23. The minimum absolute atomic E-state index is 0.0928. The molecular weight excluding hydrogens is 478 g/mol. The quantitative estimate of drug-likeness (QED) is 0.222. The summed E-state index contributed by atoms with van der Waals surface area (Å²) in [5.74, 6) is -2.86. The maximum Gasteiger partial charge on any atom is 0.387 e. The van der Waals surface area contributed by atoms with E-state index in [1.165, 1.54) is 43.3 Å². The number of hydrogen-bond acceptors (Lipinski definition) is 7. The first-order chi connectivity index (χ1) is 15.9. The molecule has 0 aromatic heterocycles. The summed E-state index contributed by atoms with van der Waals surface area (Å²) < 4.78 is 33.9. The fraction of sp³-hybridized carbons (Fsp3) is 0.318. The van der Waals surface area contributed by atoms with Gasteiger partial charge in [-0.1, -0.05) is 25.4 Å². The van der Waals surface area contributed by atoms with Crippen LogP contribution in [0.3, 0.4) is 0 Å². The molecule has 0 aliphatic carbocycles. The number of nitro benzene ring substituents is 1. The number of nitrogens with one attached hydrogen (secondary N) is 1. The average Bonchev–Trinajstić information content (AvgIpc) is 2.76. The fourth-order valence-electron chi connectivity index (χ4n) is 2.85. The fourth-order valence-corrected chi connectivity index (χ4v) is 3.04. The molecule has 0 heterocycles. The molecule has 0 saturated heterocycles. The van der Waals surface area contributed by atoms with E-state index in [9.17, 15) is 33.3 Å². The van der Waals surface area contributed by atoms with Crippen LogP contribution < -0.4 is 10.1 Å². The highest BCUT2D eigenvalue weighted by Crippen LogP contribution is 2.25. The van der Waals surface area contributed by atoms with Crippen molar-refractivity contribution in [2.45, 2.75) is 39.5 Å². The summed E-state index contributed by atoms with van der Waals surface area (Å²) in [7, 11) is 0. The summed E-state index contributed by atoms with van der Waals surface area (Å²) >= 11 is 5.75. The van der Waals surface area contributed by atoms with Crippen molar-refractivity contribution in [2.75, 3.05) is 0 Å². The van der Waals surface area contributed by atoms with Gasteiger partial charge in [0.25, 0.3) is 11.6 Å². The predicted octanol–water partition coefficient (Wildman–Crippen LogP) is 4.42. The number of ketones is 1. The molecule has 0 aliphatic heterocycles. The van der Waals surface area contributed by atoms with Crippen LogP contribution >= 0.6 is 11.6 Å². The minimum Gasteiger partial charge on any atom is -0.453 e. The van der Waals surface area contributed by atoms with E-state index in [2.05, 4.69) is 10.1 Å². The zero-order valence-electron chi connectivity index (χ0n) is 18.3. The number of benzene rings is 2. The normalized spacial score (nSPS) is 12.7. The molecule has 2 atom stereocenters. The van der Waals surface area contributed by atoms with Crippen molar-refractivity contribution in [3.05, 3.63) is 68.7 Å². The monoisotopic (exact) mass is 498 g/mol. The summed E-state index contributed by atoms with van der Waals surface area (Å²) in [5, 5.41) is 13.3. The van der Waals surface area contributed by atoms with E-state index >= 15 is 0 Å². The van der Waals surface area contributed by atoms with Crippen LogP contribution in [0.25, 0.3) is 0 Å². The molecule has 12 heteroatoms. The van der Waals surface area contributed by atoms with Gasteiger partial charge in [0, 0.05) is 17.2 Å². The lowest BCUT2D eigenvalue weighted by Crippen LogP contribution is -2.46. The molecule has 2 aromatic carbocycles. The number of ether oxygens (including phenoxy) is 2. The maximum absolute atomic E-state index is 12.7. The van der Waals surface area contributed by atoms with Crippen LogP contribution in [0.1, 0.15) is 41.5 Å². The minimum atomic E-state index is -3.01. The maximum atomic E-state index is 12.7. The Morgan fingerprint density at radius 1 is 1.03 bits per heavy atom. The van der Waals surface area contributed by atoms with E-state index in [1.807, 2.05) is 0 Å². The van der Waals surface area contributed by atoms with Crippen LogP contribution in [0.2, 0.25) is 5.02 Å². The number of alkyl halides is 2. The molecule has 0 radical (unpaired) electrons. The second-order valence-corrected chi connectivity index (χ2v) is 7.87. The Bertz CT molecular complexity index is 1080. The van der Waals surface area contributed by atoms with E-state index < -0.39 is 52.9 Å². The van der Waals surface area contributed by atoms with Gasteiger partial charge in [0.1, 0.15) is 16.8 Å². The second kappa shape index (κ2) is 11.5. The highest BCUT2D eigenvalue weighted by atomic mass is 35.5. The number of hydrogen-bond donors (Lipinski definition) is 1. The van der Waals surface area contributed by atoms with Crippen LogP contribution in [-0.4, -0.2) is 41.3 Å². The predicted molar refractivity (Wildman–Crippen MR) is 117 cm³/mol. The molecule has 34 heavy (non-hydrogen) atoms. The van der Waals surface area contributed by atoms with E-state index in [4.69, 9.17) is 16.3 Å². The average molecular weight is 499 g/mol. The van der Waals surface area contributed by atoms with Crippen molar-refractivity contribution in [3.63, 3.8) is 0 Å². The summed E-state index contributed by atoms with van der Waals surface area (Å²) in [6, 6.07) is 7.12. The number of rotatable bonds is 10. The highest BCUT2D eigenvalue weighted by molar-refractivity contribution is 6.32. The third-order valence-electron chi connectivity index (χ3n) is 4.64. The Labute approximate surface area is 198 Å². The zero-order valence-corrected chi connectivity index (χ0v) is 19.0. The summed E-state index contributed by atoms with van der Waals surface area (Å²) in [6.07, 6.45) is -1.25. The molecule has 1 amide bonds. The molecule has 0 fully saturated rings. The number of nitro groups is 1. The molecule has 2 aromatic rings. The molecular formula is C22H21ClF2N2O7. The van der Waals surface area contributed by atoms with Crippen molar-refractivity contribution < 1.29 is 37.6 Å². The number of carbonyl (C=O) groups excluding carboxylic acids is 3. The van der Waals surface area contributed by atoms with E-state index in [1.54, 1.807) is 13.8 Å². The van der Waals surface area contributed by atoms with Gasteiger partial charge in [-0.05, 0) is 49.2 Å². The second-order valence-electron chi connectivity index (χ2n) is 7.46. The Balaban J connectivity index is 2.09. The SMILES string of the molecule is CC(OC(=O)[C@@H](NC(=O)c1ccc(Cl)c([N+](=O)[O-])c1)C(C)C)C(=O)c1ccc(OC(F)F)cc1. The van der Waals surface area contributed by atoms with Gasteiger partial charge in [-0.2, -0.15) is 8.78 Å². The lowest BCUT2D eigenvalue weighted by molar-refractivity contribution is -0.384. The molecule has 0 saturated carbocycles. The number of carbonyl (C=O) groups is 3. The molecule has 1 N–H and O–H groups in total. The first kappa shape index (κ1) is 26.7. The lowest BCUT2D eigenvalue weighted by atomic mass is 10.0. The smallest absolute Gasteiger partial charge is 0.387 e. The Kier molecular flexibility index (Phi) is 9.02. The van der Waals surface area contributed by atoms with Gasteiger partial charge in [0.15, 0.2) is 6.10 Å². The summed E-state index contributed by atoms with van der Waals surface area (Å²) in [6.45, 7) is 1.57. The Morgan fingerprint density at radius 2 is 1.62 bits per heavy atom. The highest BCUT2D eigenvalue weighted by Gasteiger charge is 2.30. The summed E-state index contributed by atoms with van der Waals surface area (Å²) in [4.78, 5) is 48.1. The van der Waals surface area contributed by atoms with Crippen molar-refractivity contribution in [1.29, 1.82) is 0 Å². The van der Waals surface area contributed by atoms with Gasteiger partial charge in [-0.25, -0.2) is 4.79 Å². The van der Waals surface area contributed by atoms with Crippen LogP contribution in [0.5, 0.6) is 5.75 Å². The van der Waals surface area contributed by atoms with E-state index in [0.29, 0.717) is 0 Å². The molecule has 2 rings (SSSR count). The zero-order chi connectivity index (χ0) is 25.6. The van der Waals surface area contributed by atoms with Crippen molar-refractivity contribution >= 4 is 34.9 Å². The van der Waals surface area contributed by atoms with Crippen LogP contribution in [-0.2, 0) is 9.53 Å². The third kappa shape index (κ3) is 6.95. The molecule has 1 unspecified atom stereocenters. The largest absolute Gasteiger partial charge is 0.453 e. The van der Waals surface area contributed by atoms with Crippen molar-refractivity contribution in [1.82, 2.24) is 5.32 Å². The van der Waals surface area contributed by atoms with Crippen LogP contribution in [0, 0.1) is 16.0 Å². The molecule has 0 bridgehead atoms. The number of nitrogens with zero attached hydrogens (tertiary/aromatic N) is 1. The summed E-state index contributed by atoms with van der Waals surface area (Å²) in [5.41, 5.74) is -0.465. The molecule has 0 aliphatic rings. The Morgan fingerprint density at radius 3 is 2.15 bits per heavy atom. The third-order valence-corrected chi connectivity index (χ3v) is 4.96. The van der Waals surface area contributed by atoms with Crippen LogP contribution in [0.15, 0.2) is 42.5 Å². The van der Waals surface area contributed by atoms with E-state index in [0.717, 1.165) is 6.07 Å². The van der Waals surface area contributed by atoms with Gasteiger partial charge >= 0.3 is 12.6 Å². The van der Waals surface area contributed by atoms with Gasteiger partial charge in [0.2, 0.25) is 5.78 Å². The van der Waals surface area contributed by atoms with Gasteiger partial charge in [0.05, 0.1) is 4.92 Å². The number of Topliss-reactive ketones (excluding diaryl/α,β-unsaturated/α-hetero) is 1. The van der Waals surface area contributed by atoms with Crippen LogP contribution in [0.4, 0.5) is 14.5 Å². The van der Waals surface area contributed by atoms with Crippen molar-refractivity contribution in [3.8, 4) is 5.75 Å². The molecule has 0 spiro atoms. The molecule has 9 nitrogen and oxygen atoms in total. The molecule has 182 valence electrons. The standard InChI is InChI=1S/C22H21ClF2N2O7/c1-11(2)18(26-20(29)14-6-9-16(23)17(10-14)27(31)32)21(30)33-12(3)19(28)13-4-7-15(8-5-13)34-22(24)25/h4-12,18,22H,1-3H3,(H,26,29)/t12?,18-/m0/s1. The van der Waals surface area contributed by atoms with Gasteiger partial charge in [-0.15, -0.1) is 0 Å². The number of halogens is 3. The van der Waals surface area contributed by atoms with Crippen molar-refractivity contribution in [2.24, 2.45) is 5.92 Å². The van der Waals surface area contributed by atoms with E-state index in [-0.39, 0.29) is 21.9 Å². The number of esters is 1. The Hall–Kier alpha value is -3.60. The van der Waals surface area contributed by atoms with Gasteiger partial charge in [-0.3, -0.25) is 19.7 Å². The number of amides is 1. The first-order valence-electron chi connectivity index (χ1n) is 9.95.